The molecular weight excluding hydrogens is 226 g/mol. The lowest BCUT2D eigenvalue weighted by atomic mass is 10.2. The van der Waals surface area contributed by atoms with Gasteiger partial charge in [0.2, 0.25) is 0 Å². The van der Waals surface area contributed by atoms with Crippen LogP contribution in [0.3, 0.4) is 0 Å². The summed E-state index contributed by atoms with van der Waals surface area (Å²) < 4.78 is 29.0. The normalized spacial score (nSPS) is 22.0. The fourth-order valence-electron chi connectivity index (χ4n) is 1.86. The Kier molecular flexibility index (Phi) is 2.80. The smallest absolute Gasteiger partial charge is 0.182 e. The first-order valence-electron chi connectivity index (χ1n) is 5.24. The van der Waals surface area contributed by atoms with Gasteiger partial charge in [-0.2, -0.15) is 0 Å². The van der Waals surface area contributed by atoms with Crippen molar-refractivity contribution in [1.29, 1.82) is 0 Å². The Hall–Kier alpha value is -1.23. The molecule has 0 spiro atoms. The van der Waals surface area contributed by atoms with Gasteiger partial charge in [0, 0.05) is 12.1 Å². The maximum Gasteiger partial charge on any atom is 0.182 e. The van der Waals surface area contributed by atoms with Crippen LogP contribution in [0.4, 0.5) is 5.69 Å². The summed E-state index contributed by atoms with van der Waals surface area (Å²) in [5.74, 6) is 0.834. The van der Waals surface area contributed by atoms with E-state index in [1.807, 2.05) is 6.92 Å². The molecule has 5 heteroatoms. The van der Waals surface area contributed by atoms with Crippen LogP contribution in [-0.4, -0.2) is 27.3 Å². The maximum absolute atomic E-state index is 12.0. The Morgan fingerprint density at radius 2 is 2.25 bits per heavy atom. The third-order valence-corrected chi connectivity index (χ3v) is 4.66. The molecule has 0 aromatic heterocycles. The molecule has 2 rings (SSSR count). The molecule has 88 valence electrons. The van der Waals surface area contributed by atoms with E-state index in [1.165, 1.54) is 0 Å². The van der Waals surface area contributed by atoms with E-state index < -0.39 is 9.84 Å². The zero-order valence-electron chi connectivity index (χ0n) is 9.36. The number of hydrogen-bond donors (Lipinski definition) is 1. The van der Waals surface area contributed by atoms with Crippen molar-refractivity contribution in [3.8, 4) is 5.75 Å². The molecule has 1 aromatic carbocycles. The highest BCUT2D eigenvalue weighted by molar-refractivity contribution is 7.91. The van der Waals surface area contributed by atoms with Crippen LogP contribution in [0.2, 0.25) is 0 Å². The van der Waals surface area contributed by atoms with Gasteiger partial charge in [0.15, 0.2) is 9.84 Å². The van der Waals surface area contributed by atoms with Gasteiger partial charge in [0.25, 0.3) is 0 Å². The lowest BCUT2D eigenvalue weighted by molar-refractivity contribution is 0.414. The van der Waals surface area contributed by atoms with Crippen molar-refractivity contribution in [3.63, 3.8) is 0 Å². The van der Waals surface area contributed by atoms with Crippen LogP contribution in [0.5, 0.6) is 5.75 Å². The van der Waals surface area contributed by atoms with Gasteiger partial charge in [-0.15, -0.1) is 0 Å². The molecule has 0 bridgehead atoms. The second-order valence-corrected chi connectivity index (χ2v) is 5.90. The quantitative estimate of drug-likeness (QED) is 0.855. The largest absolute Gasteiger partial charge is 0.497 e. The minimum Gasteiger partial charge on any atom is -0.497 e. The Bertz CT molecular complexity index is 496. The topological polar surface area (TPSA) is 55.4 Å². The number of hydrogen-bond acceptors (Lipinski definition) is 4. The first-order valence-corrected chi connectivity index (χ1v) is 6.89. The van der Waals surface area contributed by atoms with Crippen molar-refractivity contribution in [3.05, 3.63) is 18.2 Å². The van der Waals surface area contributed by atoms with E-state index in [2.05, 4.69) is 5.32 Å². The predicted octanol–water partition coefficient (Wildman–Crippen LogP) is 1.67. The molecule has 1 heterocycles. The zero-order chi connectivity index (χ0) is 11.8. The molecule has 0 amide bonds. The molecule has 0 radical (unpaired) electrons. The molecule has 1 atom stereocenters. The van der Waals surface area contributed by atoms with Gasteiger partial charge in [0.1, 0.15) is 5.75 Å². The molecule has 1 unspecified atom stereocenters. The summed E-state index contributed by atoms with van der Waals surface area (Å²) in [5, 5.41) is 3.22. The first kappa shape index (κ1) is 11.3. The zero-order valence-corrected chi connectivity index (χ0v) is 10.2. The van der Waals surface area contributed by atoms with Gasteiger partial charge in [-0.3, -0.25) is 0 Å². The Balaban J connectivity index is 2.51. The van der Waals surface area contributed by atoms with Gasteiger partial charge in [-0.25, -0.2) is 8.42 Å². The molecule has 0 saturated carbocycles. The highest BCUT2D eigenvalue weighted by Crippen LogP contribution is 2.32. The van der Waals surface area contributed by atoms with Crippen molar-refractivity contribution in [2.24, 2.45) is 0 Å². The van der Waals surface area contributed by atoms with Crippen molar-refractivity contribution in [2.45, 2.75) is 24.3 Å². The van der Waals surface area contributed by atoms with Gasteiger partial charge in [0.05, 0.1) is 23.4 Å². The fourth-order valence-corrected chi connectivity index (χ4v) is 3.61. The van der Waals surface area contributed by atoms with E-state index >= 15 is 0 Å². The van der Waals surface area contributed by atoms with Crippen LogP contribution in [-0.2, 0) is 9.84 Å². The summed E-state index contributed by atoms with van der Waals surface area (Å²) >= 11 is 0. The Morgan fingerprint density at radius 3 is 2.88 bits per heavy atom. The minimum absolute atomic E-state index is 0.00962. The molecule has 1 aliphatic rings. The van der Waals surface area contributed by atoms with Gasteiger partial charge < -0.3 is 10.1 Å². The second kappa shape index (κ2) is 3.97. The summed E-state index contributed by atoms with van der Waals surface area (Å²) in [6, 6.07) is 4.99. The number of sulfone groups is 1. The van der Waals surface area contributed by atoms with Crippen molar-refractivity contribution in [2.75, 3.05) is 18.2 Å². The van der Waals surface area contributed by atoms with Gasteiger partial charge in [-0.05, 0) is 18.6 Å². The summed E-state index contributed by atoms with van der Waals surface area (Å²) in [7, 11) is -1.58. The van der Waals surface area contributed by atoms with Crippen LogP contribution in [0, 0.1) is 0 Å². The van der Waals surface area contributed by atoms with Crippen LogP contribution >= 0.6 is 0 Å². The third-order valence-electron chi connectivity index (χ3n) is 2.79. The van der Waals surface area contributed by atoms with E-state index in [1.54, 1.807) is 25.3 Å². The van der Waals surface area contributed by atoms with Crippen molar-refractivity contribution < 1.29 is 13.2 Å². The fraction of sp³-hybridized carbons (Fsp3) is 0.455. The number of fused-ring (bicyclic) bond motifs is 1. The number of benzene rings is 1. The molecule has 4 nitrogen and oxygen atoms in total. The van der Waals surface area contributed by atoms with Crippen LogP contribution in [0.15, 0.2) is 23.1 Å². The average molecular weight is 241 g/mol. The first-order chi connectivity index (χ1) is 7.56. The summed E-state index contributed by atoms with van der Waals surface area (Å²) in [6.07, 6.45) is 0.788. The molecule has 0 fully saturated rings. The average Bonchev–Trinajstić information content (AvgIpc) is 2.27. The molecule has 0 saturated heterocycles. The monoisotopic (exact) mass is 241 g/mol. The van der Waals surface area contributed by atoms with Crippen molar-refractivity contribution in [1.82, 2.24) is 0 Å². The van der Waals surface area contributed by atoms with Crippen LogP contribution in [0.25, 0.3) is 0 Å². The highest BCUT2D eigenvalue weighted by atomic mass is 32.2. The van der Waals surface area contributed by atoms with E-state index in [9.17, 15) is 8.42 Å². The van der Waals surface area contributed by atoms with E-state index in [-0.39, 0.29) is 11.8 Å². The second-order valence-electron chi connectivity index (χ2n) is 3.89. The maximum atomic E-state index is 12.0. The Labute approximate surface area is 95.5 Å². The van der Waals surface area contributed by atoms with E-state index in [0.29, 0.717) is 16.3 Å². The number of anilines is 1. The van der Waals surface area contributed by atoms with E-state index in [4.69, 9.17) is 4.74 Å². The van der Waals surface area contributed by atoms with E-state index in [0.717, 1.165) is 6.42 Å². The predicted molar refractivity (Wildman–Crippen MR) is 62.7 cm³/mol. The van der Waals surface area contributed by atoms with Crippen LogP contribution in [0.1, 0.15) is 13.3 Å². The van der Waals surface area contributed by atoms with Gasteiger partial charge >= 0.3 is 0 Å². The van der Waals surface area contributed by atoms with Crippen molar-refractivity contribution >= 4 is 15.5 Å². The molecular formula is C11H15NO3S. The number of ether oxygens (including phenoxy) is 1. The lowest BCUT2D eigenvalue weighted by Gasteiger charge is -2.26. The molecule has 16 heavy (non-hydrogen) atoms. The standard InChI is InChI=1S/C11H15NO3S/c1-3-8-7-16(13,14)11-5-4-9(15-2)6-10(11)12-8/h4-6,8,12H,3,7H2,1-2H3. The van der Waals surface area contributed by atoms with Gasteiger partial charge in [-0.1, -0.05) is 6.92 Å². The molecule has 0 aliphatic carbocycles. The Morgan fingerprint density at radius 1 is 1.50 bits per heavy atom. The summed E-state index contributed by atoms with van der Waals surface area (Å²) in [4.78, 5) is 0.373. The molecule has 1 aliphatic heterocycles. The third kappa shape index (κ3) is 1.87. The SMILES string of the molecule is CCC1CS(=O)(=O)c2ccc(OC)cc2N1. The number of methoxy groups -OCH3 is 1. The summed E-state index contributed by atoms with van der Waals surface area (Å²) in [5.41, 5.74) is 0.650. The molecule has 1 N–H and O–H groups in total. The van der Waals surface area contributed by atoms with Crippen LogP contribution < -0.4 is 10.1 Å². The number of rotatable bonds is 2. The minimum atomic E-state index is -3.15. The highest BCUT2D eigenvalue weighted by Gasteiger charge is 2.29. The molecule has 1 aromatic rings. The number of nitrogens with one attached hydrogen (secondary N) is 1. The lowest BCUT2D eigenvalue weighted by Crippen LogP contribution is -2.33. The summed E-state index contributed by atoms with van der Waals surface area (Å²) in [6.45, 7) is 1.97.